The summed E-state index contributed by atoms with van der Waals surface area (Å²) >= 11 is 15.7. The topological polar surface area (TPSA) is 80.6 Å². The molecule has 196 valence electrons. The molecule has 1 aliphatic heterocycles. The van der Waals surface area contributed by atoms with Crippen molar-refractivity contribution in [3.05, 3.63) is 68.4 Å². The largest absolute Gasteiger partial charge is 0.466 e. The lowest BCUT2D eigenvalue weighted by Gasteiger charge is -2.39. The van der Waals surface area contributed by atoms with Crippen LogP contribution in [0.15, 0.2) is 47.1 Å². The van der Waals surface area contributed by atoms with Gasteiger partial charge in [0, 0.05) is 49.3 Å². The Labute approximate surface area is 234 Å². The Morgan fingerprint density at radius 2 is 1.84 bits per heavy atom. The van der Waals surface area contributed by atoms with Gasteiger partial charge in [0.15, 0.2) is 0 Å². The summed E-state index contributed by atoms with van der Waals surface area (Å²) in [5, 5.41) is 9.38. The number of nitrogens with zero attached hydrogens (tertiary/aromatic N) is 5. The fourth-order valence-corrected chi connectivity index (χ4v) is 5.27. The van der Waals surface area contributed by atoms with E-state index in [4.69, 9.17) is 27.9 Å². The van der Waals surface area contributed by atoms with Crippen LogP contribution in [0, 0.1) is 5.41 Å². The molecule has 2 heterocycles. The Morgan fingerprint density at radius 1 is 1.11 bits per heavy atom. The van der Waals surface area contributed by atoms with Crippen LogP contribution in [0.4, 0.5) is 5.69 Å². The van der Waals surface area contributed by atoms with Gasteiger partial charge in [-0.1, -0.05) is 44.3 Å². The summed E-state index contributed by atoms with van der Waals surface area (Å²) in [5.74, 6) is -0.337. The van der Waals surface area contributed by atoms with E-state index < -0.39 is 5.41 Å². The number of hydrogen-bond acceptors (Lipinski definition) is 6. The quantitative estimate of drug-likeness (QED) is 0.333. The molecule has 1 amide bonds. The lowest BCUT2D eigenvalue weighted by molar-refractivity contribution is -0.158. The number of carbonyl (C=O) groups excluding carboxylic acids is 2. The zero-order valence-corrected chi connectivity index (χ0v) is 24.0. The second kappa shape index (κ2) is 11.4. The molecule has 0 bridgehead atoms. The molecule has 3 aromatic rings. The van der Waals surface area contributed by atoms with Crippen molar-refractivity contribution in [3.63, 3.8) is 0 Å². The molecule has 1 fully saturated rings. The highest BCUT2D eigenvalue weighted by Crippen LogP contribution is 2.37. The van der Waals surface area contributed by atoms with Gasteiger partial charge in [0.1, 0.15) is 0 Å². The molecular formula is C26H28BrCl2N5O3. The van der Waals surface area contributed by atoms with Crippen molar-refractivity contribution in [3.8, 4) is 5.69 Å². The number of anilines is 1. The Hall–Kier alpha value is -2.62. The predicted molar refractivity (Wildman–Crippen MR) is 148 cm³/mol. The molecule has 0 N–H and O–H groups in total. The number of halogens is 3. The lowest BCUT2D eigenvalue weighted by atomic mass is 9.74. The maximum absolute atomic E-state index is 13.3. The predicted octanol–water partition coefficient (Wildman–Crippen LogP) is 5.43. The van der Waals surface area contributed by atoms with Crippen LogP contribution in [0.3, 0.4) is 0 Å². The van der Waals surface area contributed by atoms with Gasteiger partial charge < -0.3 is 14.5 Å². The number of hydrogen-bond donors (Lipinski definition) is 0. The van der Waals surface area contributed by atoms with Crippen LogP contribution in [-0.4, -0.2) is 65.6 Å². The minimum Gasteiger partial charge on any atom is -0.466 e. The van der Waals surface area contributed by atoms with E-state index in [-0.39, 0.29) is 18.5 Å². The number of carbonyl (C=O) groups is 2. The highest BCUT2D eigenvalue weighted by molar-refractivity contribution is 9.10. The van der Waals surface area contributed by atoms with E-state index in [1.807, 2.05) is 37.2 Å². The molecule has 1 saturated heterocycles. The third-order valence-electron chi connectivity index (χ3n) is 6.59. The lowest BCUT2D eigenvalue weighted by Crippen LogP contribution is -2.48. The van der Waals surface area contributed by atoms with E-state index in [0.717, 1.165) is 10.2 Å². The van der Waals surface area contributed by atoms with Gasteiger partial charge in [-0.3, -0.25) is 9.59 Å². The van der Waals surface area contributed by atoms with Crippen LogP contribution < -0.4 is 4.90 Å². The molecule has 2 aromatic carbocycles. The maximum Gasteiger partial charge on any atom is 0.312 e. The van der Waals surface area contributed by atoms with Crippen LogP contribution >= 0.6 is 39.1 Å². The molecule has 0 atom stereocenters. The number of piperidine rings is 1. The normalized spacial score (nSPS) is 14.9. The highest BCUT2D eigenvalue weighted by atomic mass is 79.9. The van der Waals surface area contributed by atoms with Crippen LogP contribution in [0.1, 0.15) is 35.8 Å². The van der Waals surface area contributed by atoms with Crippen molar-refractivity contribution in [1.29, 1.82) is 0 Å². The van der Waals surface area contributed by atoms with E-state index in [1.54, 1.807) is 40.9 Å². The summed E-state index contributed by atoms with van der Waals surface area (Å²) in [6.45, 7) is 2.94. The third-order valence-corrected chi connectivity index (χ3v) is 7.79. The number of rotatable bonds is 7. The van der Waals surface area contributed by atoms with Gasteiger partial charge in [-0.15, -0.1) is 5.10 Å². The van der Waals surface area contributed by atoms with Crippen LogP contribution in [-0.2, 0) is 16.0 Å². The molecule has 1 aliphatic rings. The first-order valence-corrected chi connectivity index (χ1v) is 13.5. The van der Waals surface area contributed by atoms with Crippen molar-refractivity contribution in [2.24, 2.45) is 5.41 Å². The smallest absolute Gasteiger partial charge is 0.312 e. The average molecular weight is 609 g/mol. The molecule has 1 aromatic heterocycles. The van der Waals surface area contributed by atoms with E-state index in [2.05, 4.69) is 26.2 Å². The first-order chi connectivity index (χ1) is 17.6. The Morgan fingerprint density at radius 3 is 2.49 bits per heavy atom. The van der Waals surface area contributed by atoms with Crippen molar-refractivity contribution < 1.29 is 14.3 Å². The highest BCUT2D eigenvalue weighted by Gasteiger charge is 2.44. The molecular weight excluding hydrogens is 581 g/mol. The van der Waals surface area contributed by atoms with Gasteiger partial charge >= 0.3 is 5.97 Å². The molecule has 4 rings (SSSR count). The first-order valence-electron chi connectivity index (χ1n) is 11.9. The van der Waals surface area contributed by atoms with Crippen molar-refractivity contribution in [1.82, 2.24) is 19.9 Å². The van der Waals surface area contributed by atoms with Gasteiger partial charge in [-0.2, -0.15) is 0 Å². The van der Waals surface area contributed by atoms with E-state index in [0.29, 0.717) is 59.3 Å². The summed E-state index contributed by atoms with van der Waals surface area (Å²) in [4.78, 5) is 30.2. The van der Waals surface area contributed by atoms with Gasteiger partial charge in [0.05, 0.1) is 39.6 Å². The molecule has 0 spiro atoms. The fourth-order valence-electron chi connectivity index (χ4n) is 4.49. The number of ether oxygens (including phenoxy) is 1. The average Bonchev–Trinajstić information content (AvgIpc) is 3.33. The minimum atomic E-state index is -0.794. The molecule has 37 heavy (non-hydrogen) atoms. The number of aromatic nitrogens is 3. The summed E-state index contributed by atoms with van der Waals surface area (Å²) in [7, 11) is 3.87. The zero-order valence-electron chi connectivity index (χ0n) is 20.9. The molecule has 0 saturated carbocycles. The van der Waals surface area contributed by atoms with Crippen molar-refractivity contribution in [2.75, 3.05) is 38.7 Å². The standard InChI is InChI=1S/C26H28BrCl2N5O3/c1-4-37-25(36)26(15-19-16-34(31-30-19)20-5-6-22(28)23(29)14-20)7-9-33(10-8-26)24(35)17-11-18(27)13-21(12-17)32(2)3/h5-6,11-14,16H,4,7-10,15H2,1-3H3. The molecule has 11 heteroatoms. The fraction of sp³-hybridized carbons (Fsp3) is 0.385. The molecule has 0 radical (unpaired) electrons. The van der Waals surface area contributed by atoms with Crippen molar-refractivity contribution >= 4 is 56.7 Å². The minimum absolute atomic E-state index is 0.0626. The van der Waals surface area contributed by atoms with Gasteiger partial charge in [0.25, 0.3) is 5.91 Å². The Balaban J connectivity index is 1.52. The number of amides is 1. The zero-order chi connectivity index (χ0) is 26.7. The number of benzene rings is 2. The van der Waals surface area contributed by atoms with Crippen LogP contribution in [0.2, 0.25) is 10.0 Å². The Kier molecular flexibility index (Phi) is 8.46. The van der Waals surface area contributed by atoms with Crippen molar-refractivity contribution in [2.45, 2.75) is 26.2 Å². The van der Waals surface area contributed by atoms with Gasteiger partial charge in [0.2, 0.25) is 0 Å². The van der Waals surface area contributed by atoms with E-state index >= 15 is 0 Å². The number of esters is 1. The summed E-state index contributed by atoms with van der Waals surface area (Å²) in [6, 6.07) is 10.9. The van der Waals surface area contributed by atoms with Crippen LogP contribution in [0.5, 0.6) is 0 Å². The molecule has 0 unspecified atom stereocenters. The second-order valence-corrected chi connectivity index (χ2v) is 11.0. The van der Waals surface area contributed by atoms with E-state index in [9.17, 15) is 9.59 Å². The third kappa shape index (κ3) is 6.10. The molecule has 8 nitrogen and oxygen atoms in total. The molecule has 0 aliphatic carbocycles. The van der Waals surface area contributed by atoms with E-state index in [1.165, 1.54) is 0 Å². The maximum atomic E-state index is 13.3. The summed E-state index contributed by atoms with van der Waals surface area (Å²) < 4.78 is 7.91. The first kappa shape index (κ1) is 27.4. The summed E-state index contributed by atoms with van der Waals surface area (Å²) in [6.07, 6.45) is 3.07. The van der Waals surface area contributed by atoms with Crippen LogP contribution in [0.25, 0.3) is 5.69 Å². The second-order valence-electron chi connectivity index (χ2n) is 9.32. The monoisotopic (exact) mass is 607 g/mol. The Bertz CT molecular complexity index is 1310. The SMILES string of the molecule is CCOC(=O)C1(Cc2cn(-c3ccc(Cl)c(Cl)c3)nn2)CCN(C(=O)c2cc(Br)cc(N(C)C)c2)CC1. The van der Waals surface area contributed by atoms with Gasteiger partial charge in [-0.25, -0.2) is 4.68 Å². The van der Waals surface area contributed by atoms with Gasteiger partial charge in [-0.05, 0) is 56.2 Å². The summed E-state index contributed by atoms with van der Waals surface area (Å²) in [5.41, 5.74) is 2.11. The number of likely N-dealkylation sites (tertiary alicyclic amines) is 1.